The molecule has 212 valence electrons. The largest absolute Gasteiger partial charge is 0.348 e. The summed E-state index contributed by atoms with van der Waals surface area (Å²) in [4.78, 5) is 8.17. The summed E-state index contributed by atoms with van der Waals surface area (Å²) in [6.07, 6.45) is 0. The highest BCUT2D eigenvalue weighted by Gasteiger charge is 2.55. The zero-order valence-corrected chi connectivity index (χ0v) is 24.9. The van der Waals surface area contributed by atoms with Crippen molar-refractivity contribution in [3.8, 4) is 5.69 Å². The number of allylic oxidation sites excluding steroid dienone is 1. The summed E-state index contributed by atoms with van der Waals surface area (Å²) in [6, 6.07) is 55.4. The van der Waals surface area contributed by atoms with Crippen molar-refractivity contribution in [3.63, 3.8) is 0 Å². The van der Waals surface area contributed by atoms with Crippen LogP contribution in [0.2, 0.25) is 0 Å². The van der Waals surface area contributed by atoms with Gasteiger partial charge in [0.25, 0.3) is 0 Å². The zero-order chi connectivity index (χ0) is 29.7. The first-order valence-electron chi connectivity index (χ1n) is 15.7. The average Bonchev–Trinajstić information content (AvgIpc) is 3.59. The fourth-order valence-electron chi connectivity index (χ4n) is 8.55. The molecule has 3 aliphatic rings. The molecule has 7 aromatic rings. The summed E-state index contributed by atoms with van der Waals surface area (Å²) in [5.41, 5.74) is 13.1. The molecule has 0 saturated heterocycles. The Kier molecular flexibility index (Phi) is 4.91. The number of nitrogens with zero attached hydrogens (tertiary/aromatic N) is 3. The quantitative estimate of drug-likeness (QED) is 0.201. The van der Waals surface area contributed by atoms with Crippen LogP contribution >= 0.6 is 0 Å². The molecule has 3 heteroatoms. The van der Waals surface area contributed by atoms with Gasteiger partial charge >= 0.3 is 0 Å². The van der Waals surface area contributed by atoms with Crippen LogP contribution in [0.1, 0.15) is 39.4 Å². The summed E-state index contributed by atoms with van der Waals surface area (Å²) >= 11 is 0. The SMILES string of the molecule is CN1C(c2ccccc2)=NC2=C(c3ccccc3C23c2ccccc2-n2c4ccccc4c4cccc3c42)C1c1ccccc1. The van der Waals surface area contributed by atoms with Gasteiger partial charge < -0.3 is 9.47 Å². The number of amidine groups is 1. The lowest BCUT2D eigenvalue weighted by molar-refractivity contribution is 0.440. The number of aromatic nitrogens is 1. The maximum absolute atomic E-state index is 5.79. The second-order valence-electron chi connectivity index (χ2n) is 12.4. The Bertz CT molecular complexity index is 2400. The van der Waals surface area contributed by atoms with Gasteiger partial charge in [0, 0.05) is 29.0 Å². The molecule has 0 amide bonds. The molecule has 0 N–H and O–H groups in total. The number of hydrogen-bond donors (Lipinski definition) is 0. The lowest BCUT2D eigenvalue weighted by Gasteiger charge is -2.42. The Hall–Kier alpha value is -5.67. The molecule has 1 spiro atoms. The maximum Gasteiger partial charge on any atom is 0.136 e. The summed E-state index contributed by atoms with van der Waals surface area (Å²) < 4.78 is 2.49. The van der Waals surface area contributed by atoms with Gasteiger partial charge in [-0.2, -0.15) is 0 Å². The first-order chi connectivity index (χ1) is 22.3. The van der Waals surface area contributed by atoms with Gasteiger partial charge in [0.05, 0.1) is 33.9 Å². The van der Waals surface area contributed by atoms with E-state index in [-0.39, 0.29) is 6.04 Å². The van der Waals surface area contributed by atoms with Crippen molar-refractivity contribution in [2.24, 2.45) is 4.99 Å². The number of aliphatic imine (C=N–C) groups is 1. The van der Waals surface area contributed by atoms with E-state index in [1.807, 2.05) is 0 Å². The molecule has 2 unspecified atom stereocenters. The molecule has 3 nitrogen and oxygen atoms in total. The summed E-state index contributed by atoms with van der Waals surface area (Å²) in [7, 11) is 2.20. The number of hydrogen-bond acceptors (Lipinski definition) is 2. The monoisotopic (exact) mass is 575 g/mol. The van der Waals surface area contributed by atoms with E-state index in [2.05, 4.69) is 168 Å². The lowest BCUT2D eigenvalue weighted by atomic mass is 9.66. The smallest absolute Gasteiger partial charge is 0.136 e. The molecule has 10 rings (SSSR count). The first-order valence-corrected chi connectivity index (χ1v) is 15.7. The molecule has 1 aliphatic carbocycles. The second-order valence-corrected chi connectivity index (χ2v) is 12.4. The number of likely N-dealkylation sites (N-methyl/N-ethyl adjacent to an activating group) is 1. The molecule has 45 heavy (non-hydrogen) atoms. The number of para-hydroxylation sites is 3. The van der Waals surface area contributed by atoms with Crippen LogP contribution in [0.3, 0.4) is 0 Å². The molecule has 6 aromatic carbocycles. The fourth-order valence-corrected chi connectivity index (χ4v) is 8.55. The third-order valence-electron chi connectivity index (χ3n) is 10.2. The van der Waals surface area contributed by atoms with Crippen molar-refractivity contribution >= 4 is 33.2 Å². The van der Waals surface area contributed by atoms with E-state index in [1.165, 1.54) is 60.9 Å². The predicted octanol–water partition coefficient (Wildman–Crippen LogP) is 9.29. The highest BCUT2D eigenvalue weighted by atomic mass is 15.2. The molecule has 1 aromatic heterocycles. The minimum atomic E-state index is -0.583. The van der Waals surface area contributed by atoms with Crippen molar-refractivity contribution in [2.45, 2.75) is 11.5 Å². The van der Waals surface area contributed by atoms with Crippen LogP contribution in [0.25, 0.3) is 33.1 Å². The van der Waals surface area contributed by atoms with Crippen LogP contribution in [0.5, 0.6) is 0 Å². The molecule has 0 saturated carbocycles. The van der Waals surface area contributed by atoms with Crippen molar-refractivity contribution < 1.29 is 0 Å². The van der Waals surface area contributed by atoms with Gasteiger partial charge in [-0.1, -0.05) is 140 Å². The minimum Gasteiger partial charge on any atom is -0.348 e. The van der Waals surface area contributed by atoms with Crippen LogP contribution in [0.15, 0.2) is 162 Å². The zero-order valence-electron chi connectivity index (χ0n) is 24.9. The summed E-state index contributed by atoms with van der Waals surface area (Å²) in [6.45, 7) is 0. The van der Waals surface area contributed by atoms with Gasteiger partial charge in [0.15, 0.2) is 0 Å². The number of benzene rings is 6. The van der Waals surface area contributed by atoms with Crippen LogP contribution in [-0.2, 0) is 5.41 Å². The molecular formula is C42H29N3. The standard InChI is InChI=1S/C42H29N3/c1-44-38(27-15-4-2-5-16-27)37-31-20-8-10-22-32(31)42(40(37)43-41(44)28-17-6-3-7-18-28)33-23-11-13-26-36(33)45-35-25-12-9-19-29(35)30-21-14-24-34(42)39(30)45/h2-26,38H,1H3. The second kappa shape index (κ2) is 8.93. The third kappa shape index (κ3) is 3.02. The van der Waals surface area contributed by atoms with Crippen LogP contribution in [0, 0.1) is 0 Å². The number of fused-ring (bicyclic) bond motifs is 11. The molecular weight excluding hydrogens is 546 g/mol. The average molecular weight is 576 g/mol. The Morgan fingerprint density at radius 2 is 1.22 bits per heavy atom. The van der Waals surface area contributed by atoms with E-state index < -0.39 is 5.41 Å². The topological polar surface area (TPSA) is 20.5 Å². The van der Waals surface area contributed by atoms with Gasteiger partial charge in [-0.05, 0) is 39.9 Å². The first kappa shape index (κ1) is 24.7. The maximum atomic E-state index is 5.79. The van der Waals surface area contributed by atoms with Crippen molar-refractivity contribution in [1.82, 2.24) is 9.47 Å². The molecule has 0 bridgehead atoms. The van der Waals surface area contributed by atoms with Crippen LogP contribution < -0.4 is 0 Å². The molecule has 0 fully saturated rings. The molecule has 2 atom stereocenters. The Morgan fingerprint density at radius 1 is 0.578 bits per heavy atom. The van der Waals surface area contributed by atoms with Crippen molar-refractivity contribution in [3.05, 3.63) is 191 Å². The highest BCUT2D eigenvalue weighted by Crippen LogP contribution is 2.63. The van der Waals surface area contributed by atoms with Crippen molar-refractivity contribution in [1.29, 1.82) is 0 Å². The summed E-state index contributed by atoms with van der Waals surface area (Å²) in [5, 5.41) is 2.56. The van der Waals surface area contributed by atoms with Gasteiger partial charge in [-0.3, -0.25) is 0 Å². The van der Waals surface area contributed by atoms with E-state index in [0.29, 0.717) is 0 Å². The molecule has 0 radical (unpaired) electrons. The molecule has 3 heterocycles. The Labute approximate surface area is 262 Å². The van der Waals surface area contributed by atoms with E-state index in [4.69, 9.17) is 4.99 Å². The predicted molar refractivity (Wildman–Crippen MR) is 184 cm³/mol. The number of rotatable bonds is 2. The highest BCUT2D eigenvalue weighted by molar-refractivity contribution is 6.13. The van der Waals surface area contributed by atoms with Gasteiger partial charge in [-0.25, -0.2) is 4.99 Å². The Morgan fingerprint density at radius 3 is 2.07 bits per heavy atom. The van der Waals surface area contributed by atoms with E-state index >= 15 is 0 Å². The lowest BCUT2D eigenvalue weighted by Crippen LogP contribution is -2.39. The normalized spacial score (nSPS) is 19.5. The van der Waals surface area contributed by atoms with Crippen molar-refractivity contribution in [2.75, 3.05) is 7.05 Å². The van der Waals surface area contributed by atoms with Crippen LogP contribution in [0.4, 0.5) is 0 Å². The third-order valence-corrected chi connectivity index (χ3v) is 10.2. The Balaban J connectivity index is 1.42. The van der Waals surface area contributed by atoms with E-state index in [0.717, 1.165) is 17.1 Å². The fraction of sp³-hybridized carbons (Fsp3) is 0.0714. The molecule has 2 aliphatic heterocycles. The van der Waals surface area contributed by atoms with E-state index in [1.54, 1.807) is 0 Å². The summed E-state index contributed by atoms with van der Waals surface area (Å²) in [5.74, 6) is 0.992. The van der Waals surface area contributed by atoms with Gasteiger partial charge in [0.1, 0.15) is 5.84 Å². The van der Waals surface area contributed by atoms with Gasteiger partial charge in [-0.15, -0.1) is 0 Å². The van der Waals surface area contributed by atoms with Crippen LogP contribution in [-0.4, -0.2) is 22.4 Å². The van der Waals surface area contributed by atoms with Gasteiger partial charge in [0.2, 0.25) is 0 Å². The van der Waals surface area contributed by atoms with E-state index in [9.17, 15) is 0 Å². The minimum absolute atomic E-state index is 0.00594.